The molecule has 1 aliphatic rings. The third-order valence-electron chi connectivity index (χ3n) is 5.39. The van der Waals surface area contributed by atoms with E-state index in [0.29, 0.717) is 22.6 Å². The van der Waals surface area contributed by atoms with Crippen LogP contribution >= 0.6 is 22.9 Å². The number of rotatable bonds is 5. The first kappa shape index (κ1) is 20.3. The second kappa shape index (κ2) is 8.07. The normalized spacial score (nSPS) is 14.7. The van der Waals surface area contributed by atoms with Crippen molar-refractivity contribution in [1.82, 2.24) is 18.9 Å². The molecule has 0 radical (unpaired) electrons. The molecule has 0 atom stereocenters. The molecule has 3 aromatic rings. The van der Waals surface area contributed by atoms with Crippen LogP contribution in [0.5, 0.6) is 0 Å². The van der Waals surface area contributed by atoms with Gasteiger partial charge >= 0.3 is 5.69 Å². The van der Waals surface area contributed by atoms with Crippen molar-refractivity contribution in [3.8, 4) is 5.69 Å². The first-order valence-corrected chi connectivity index (χ1v) is 11.0. The third kappa shape index (κ3) is 3.80. The molecule has 0 fully saturated rings. The predicted molar refractivity (Wildman–Crippen MR) is 120 cm³/mol. The van der Waals surface area contributed by atoms with Gasteiger partial charge in [-0.15, -0.1) is 11.3 Å². The zero-order chi connectivity index (χ0) is 20.7. The van der Waals surface area contributed by atoms with Gasteiger partial charge in [0, 0.05) is 29.5 Å². The van der Waals surface area contributed by atoms with Gasteiger partial charge in [0.05, 0.1) is 11.1 Å². The molecule has 2 aromatic heterocycles. The second-order valence-electron chi connectivity index (χ2n) is 7.88. The van der Waals surface area contributed by atoms with Gasteiger partial charge < -0.3 is 9.80 Å². The Hall–Kier alpha value is -1.93. The quantitative estimate of drug-likeness (QED) is 0.622. The summed E-state index contributed by atoms with van der Waals surface area (Å²) in [5.41, 5.74) is 1.16. The van der Waals surface area contributed by atoms with Crippen LogP contribution in [0, 0.1) is 0 Å². The summed E-state index contributed by atoms with van der Waals surface area (Å²) in [6, 6.07) is 6.88. The van der Waals surface area contributed by atoms with E-state index in [4.69, 9.17) is 11.6 Å². The molecule has 0 unspecified atom stereocenters. The van der Waals surface area contributed by atoms with Crippen molar-refractivity contribution in [2.75, 3.05) is 34.2 Å². The SMILES string of the molecule is CN(C)CCCn1c(=O)n(-c2ccc(Cl)cc2)c(=O)c2c3c(sc21)CN(C)CC3. The van der Waals surface area contributed by atoms with E-state index < -0.39 is 0 Å². The van der Waals surface area contributed by atoms with E-state index in [1.54, 1.807) is 40.2 Å². The molecular weight excluding hydrogens is 408 g/mol. The lowest BCUT2D eigenvalue weighted by atomic mass is 10.1. The zero-order valence-corrected chi connectivity index (χ0v) is 18.5. The van der Waals surface area contributed by atoms with Crippen LogP contribution in [-0.4, -0.2) is 53.2 Å². The Kier molecular flexibility index (Phi) is 5.66. The minimum absolute atomic E-state index is 0.224. The highest BCUT2D eigenvalue weighted by molar-refractivity contribution is 7.18. The number of hydrogen-bond acceptors (Lipinski definition) is 5. The molecule has 154 valence electrons. The smallest absolute Gasteiger partial charge is 0.309 e. The lowest BCUT2D eigenvalue weighted by Crippen LogP contribution is -2.39. The van der Waals surface area contributed by atoms with E-state index in [-0.39, 0.29) is 11.2 Å². The van der Waals surface area contributed by atoms with Crippen molar-refractivity contribution >= 4 is 33.2 Å². The minimum atomic E-state index is -0.282. The van der Waals surface area contributed by atoms with Crippen LogP contribution in [0.1, 0.15) is 16.9 Å². The van der Waals surface area contributed by atoms with Crippen molar-refractivity contribution < 1.29 is 0 Å². The Bertz CT molecular complexity index is 1160. The van der Waals surface area contributed by atoms with E-state index in [0.717, 1.165) is 42.9 Å². The van der Waals surface area contributed by atoms with Crippen LogP contribution in [0.15, 0.2) is 33.9 Å². The second-order valence-corrected chi connectivity index (χ2v) is 9.40. The Morgan fingerprint density at radius 3 is 2.59 bits per heavy atom. The summed E-state index contributed by atoms with van der Waals surface area (Å²) in [6.07, 6.45) is 1.67. The summed E-state index contributed by atoms with van der Waals surface area (Å²) in [5, 5.41) is 1.28. The monoisotopic (exact) mass is 432 g/mol. The minimum Gasteiger partial charge on any atom is -0.309 e. The van der Waals surface area contributed by atoms with Crippen LogP contribution in [0.25, 0.3) is 15.9 Å². The van der Waals surface area contributed by atoms with Gasteiger partial charge in [-0.1, -0.05) is 11.6 Å². The number of likely N-dealkylation sites (N-methyl/N-ethyl adjacent to an activating group) is 1. The maximum absolute atomic E-state index is 13.5. The highest BCUT2D eigenvalue weighted by Crippen LogP contribution is 2.32. The lowest BCUT2D eigenvalue weighted by Gasteiger charge is -2.21. The number of hydrogen-bond donors (Lipinski definition) is 0. The Morgan fingerprint density at radius 2 is 1.90 bits per heavy atom. The fourth-order valence-corrected chi connectivity index (χ4v) is 5.46. The highest BCUT2D eigenvalue weighted by atomic mass is 35.5. The van der Waals surface area contributed by atoms with E-state index in [1.165, 1.54) is 9.44 Å². The van der Waals surface area contributed by atoms with Gasteiger partial charge in [0.25, 0.3) is 5.56 Å². The van der Waals surface area contributed by atoms with Gasteiger partial charge in [0.2, 0.25) is 0 Å². The highest BCUT2D eigenvalue weighted by Gasteiger charge is 2.25. The van der Waals surface area contributed by atoms with Crippen LogP contribution < -0.4 is 11.2 Å². The predicted octanol–water partition coefficient (Wildman–Crippen LogP) is 2.81. The van der Waals surface area contributed by atoms with Gasteiger partial charge in [0.1, 0.15) is 4.83 Å². The van der Waals surface area contributed by atoms with E-state index in [1.807, 2.05) is 14.1 Å². The molecule has 0 saturated carbocycles. The molecule has 29 heavy (non-hydrogen) atoms. The van der Waals surface area contributed by atoms with Gasteiger partial charge in [-0.3, -0.25) is 9.36 Å². The Balaban J connectivity index is 1.96. The molecular formula is C21H25ClN4O2S. The summed E-state index contributed by atoms with van der Waals surface area (Å²) < 4.78 is 3.09. The molecule has 0 aliphatic carbocycles. The molecule has 6 nitrogen and oxygen atoms in total. The molecule has 1 aromatic carbocycles. The number of aromatic nitrogens is 2. The van der Waals surface area contributed by atoms with E-state index in [9.17, 15) is 9.59 Å². The Labute approximate surface area is 178 Å². The summed E-state index contributed by atoms with van der Waals surface area (Å²) in [6.45, 7) is 3.19. The van der Waals surface area contributed by atoms with Gasteiger partial charge in [0.15, 0.2) is 0 Å². The first-order chi connectivity index (χ1) is 13.9. The summed E-state index contributed by atoms with van der Waals surface area (Å²) in [5.74, 6) is 0. The largest absolute Gasteiger partial charge is 0.336 e. The molecule has 3 heterocycles. The Morgan fingerprint density at radius 1 is 1.17 bits per heavy atom. The lowest BCUT2D eigenvalue weighted by molar-refractivity contribution is 0.318. The number of aryl methyl sites for hydroxylation is 1. The van der Waals surface area contributed by atoms with Gasteiger partial charge in [-0.25, -0.2) is 9.36 Å². The summed E-state index contributed by atoms with van der Waals surface area (Å²) >= 11 is 7.61. The third-order valence-corrected chi connectivity index (χ3v) is 6.88. The van der Waals surface area contributed by atoms with Crippen molar-refractivity contribution in [2.45, 2.75) is 25.9 Å². The number of benzene rings is 1. The molecule has 1 aliphatic heterocycles. The van der Waals surface area contributed by atoms with Crippen molar-refractivity contribution in [3.63, 3.8) is 0 Å². The standard InChI is InChI=1S/C21H25ClN4O2S/c1-23(2)10-4-11-25-20-18(16-9-12-24(3)13-17(16)29-20)19(27)26(21(25)28)15-7-5-14(22)6-8-15/h5-8H,4,9-13H2,1-3H3. The van der Waals surface area contributed by atoms with Crippen molar-refractivity contribution in [1.29, 1.82) is 0 Å². The van der Waals surface area contributed by atoms with Crippen LogP contribution in [0.4, 0.5) is 0 Å². The maximum Gasteiger partial charge on any atom is 0.336 e. The molecule has 0 spiro atoms. The van der Waals surface area contributed by atoms with Crippen LogP contribution in [-0.2, 0) is 19.5 Å². The van der Waals surface area contributed by atoms with E-state index in [2.05, 4.69) is 16.8 Å². The van der Waals surface area contributed by atoms with Crippen molar-refractivity contribution in [2.24, 2.45) is 0 Å². The fourth-order valence-electron chi connectivity index (χ4n) is 3.89. The molecule has 0 saturated heterocycles. The average molecular weight is 433 g/mol. The molecule has 4 rings (SSSR count). The topological polar surface area (TPSA) is 50.5 Å². The number of fused-ring (bicyclic) bond motifs is 3. The molecule has 0 amide bonds. The molecule has 0 bridgehead atoms. The zero-order valence-electron chi connectivity index (χ0n) is 16.9. The number of thiophene rings is 1. The van der Waals surface area contributed by atoms with E-state index >= 15 is 0 Å². The van der Waals surface area contributed by atoms with Crippen LogP contribution in [0.2, 0.25) is 5.02 Å². The number of halogens is 1. The van der Waals surface area contributed by atoms with Crippen molar-refractivity contribution in [3.05, 3.63) is 60.6 Å². The summed E-state index contributed by atoms with van der Waals surface area (Å²) in [7, 11) is 6.13. The van der Waals surface area contributed by atoms with Gasteiger partial charge in [-0.05, 0) is 70.4 Å². The average Bonchev–Trinajstić information content (AvgIpc) is 3.04. The fraction of sp³-hybridized carbons (Fsp3) is 0.429. The van der Waals surface area contributed by atoms with Gasteiger partial charge in [-0.2, -0.15) is 0 Å². The number of nitrogens with zero attached hydrogens (tertiary/aromatic N) is 4. The molecule has 8 heteroatoms. The first-order valence-electron chi connectivity index (χ1n) is 9.76. The van der Waals surface area contributed by atoms with Crippen LogP contribution in [0.3, 0.4) is 0 Å². The summed E-state index contributed by atoms with van der Waals surface area (Å²) in [4.78, 5) is 33.3. The maximum atomic E-state index is 13.5. The molecule has 0 N–H and O–H groups in total.